The van der Waals surface area contributed by atoms with Gasteiger partial charge < -0.3 is 14.6 Å². The van der Waals surface area contributed by atoms with Crippen LogP contribution in [-0.4, -0.2) is 24.3 Å². The molecule has 110 valence electrons. The van der Waals surface area contributed by atoms with Crippen LogP contribution in [0, 0.1) is 0 Å². The Morgan fingerprint density at radius 1 is 1.10 bits per heavy atom. The zero-order valence-electron chi connectivity index (χ0n) is 10.3. The highest BCUT2D eigenvalue weighted by Crippen LogP contribution is 2.50. The fraction of sp³-hybridized carbons (Fsp3) is 0.250. The number of ether oxygens (including phenoxy) is 2. The van der Waals surface area contributed by atoms with Gasteiger partial charge in [-0.1, -0.05) is 6.58 Å². The van der Waals surface area contributed by atoms with Crippen molar-refractivity contribution in [2.24, 2.45) is 0 Å². The molecule has 0 saturated heterocycles. The molecule has 0 heterocycles. The van der Waals surface area contributed by atoms with Crippen molar-refractivity contribution < 1.29 is 19.4 Å². The first-order valence-corrected chi connectivity index (χ1v) is 8.45. The quantitative estimate of drug-likeness (QED) is 0.258. The van der Waals surface area contributed by atoms with Crippen molar-refractivity contribution in [3.05, 3.63) is 30.0 Å². The van der Waals surface area contributed by atoms with Crippen molar-refractivity contribution in [2.75, 3.05) is 13.2 Å². The molecule has 4 nitrogen and oxygen atoms in total. The number of aliphatic hydroxyl groups excluding tert-OH is 1. The Balaban J connectivity index is 3.28. The van der Waals surface area contributed by atoms with Gasteiger partial charge in [0.15, 0.2) is 5.75 Å². The van der Waals surface area contributed by atoms with Gasteiger partial charge >= 0.3 is 5.97 Å². The molecule has 1 rings (SSSR count). The van der Waals surface area contributed by atoms with E-state index in [4.69, 9.17) is 14.6 Å². The fourth-order valence-corrected chi connectivity index (χ4v) is 3.57. The lowest BCUT2D eigenvalue weighted by atomic mass is 10.3. The zero-order valence-corrected chi connectivity index (χ0v) is 16.6. The summed E-state index contributed by atoms with van der Waals surface area (Å²) in [7, 11) is 0. The van der Waals surface area contributed by atoms with Crippen LogP contribution < -0.4 is 9.47 Å². The highest BCUT2D eigenvalue weighted by atomic mass is 79.9. The van der Waals surface area contributed by atoms with E-state index in [1.165, 1.54) is 0 Å². The van der Waals surface area contributed by atoms with Gasteiger partial charge in [-0.15, -0.1) is 0 Å². The number of esters is 1. The summed E-state index contributed by atoms with van der Waals surface area (Å²) in [6.07, 6.45) is 0. The molecule has 20 heavy (non-hydrogen) atoms. The Morgan fingerprint density at radius 3 is 1.95 bits per heavy atom. The minimum Gasteiger partial charge on any atom is -0.489 e. The molecule has 0 aromatic heterocycles. The van der Waals surface area contributed by atoms with E-state index in [0.29, 0.717) is 29.4 Å². The van der Waals surface area contributed by atoms with Crippen LogP contribution in [0.3, 0.4) is 0 Å². The fourth-order valence-electron chi connectivity index (χ4n) is 1.14. The molecule has 0 aliphatic heterocycles. The van der Waals surface area contributed by atoms with Gasteiger partial charge in [0.05, 0.1) is 24.5 Å². The lowest BCUT2D eigenvalue weighted by molar-refractivity contribution is -0.130. The van der Waals surface area contributed by atoms with E-state index in [1.807, 2.05) is 0 Å². The van der Waals surface area contributed by atoms with Crippen molar-refractivity contribution in [3.63, 3.8) is 0 Å². The number of hydrogen-bond acceptors (Lipinski definition) is 4. The topological polar surface area (TPSA) is 55.8 Å². The summed E-state index contributed by atoms with van der Waals surface area (Å²) in [6, 6.07) is 0. The average molecular weight is 538 g/mol. The lowest BCUT2D eigenvalue weighted by Gasteiger charge is -2.16. The van der Waals surface area contributed by atoms with Crippen molar-refractivity contribution in [3.8, 4) is 11.5 Å². The zero-order chi connectivity index (χ0) is 15.4. The molecule has 0 unspecified atom stereocenters. The summed E-state index contributed by atoms with van der Waals surface area (Å²) in [6.45, 7) is 5.12. The van der Waals surface area contributed by atoms with E-state index >= 15 is 0 Å². The van der Waals surface area contributed by atoms with Crippen LogP contribution in [0.15, 0.2) is 30.0 Å². The first-order valence-electron chi connectivity index (χ1n) is 5.28. The number of benzene rings is 1. The molecule has 1 aromatic rings. The van der Waals surface area contributed by atoms with Crippen LogP contribution in [0.25, 0.3) is 0 Å². The molecule has 0 saturated carbocycles. The van der Waals surface area contributed by atoms with Crippen LogP contribution in [-0.2, 0) is 4.79 Å². The normalized spacial score (nSPS) is 10.3. The van der Waals surface area contributed by atoms with E-state index in [-0.39, 0.29) is 18.8 Å². The van der Waals surface area contributed by atoms with Crippen LogP contribution in [0.4, 0.5) is 0 Å². The van der Waals surface area contributed by atoms with Gasteiger partial charge in [-0.05, 0) is 70.6 Å². The monoisotopic (exact) mass is 534 g/mol. The number of carbonyl (C=O) groups is 1. The van der Waals surface area contributed by atoms with Gasteiger partial charge in [-0.2, -0.15) is 0 Å². The van der Waals surface area contributed by atoms with Crippen LogP contribution >= 0.6 is 63.7 Å². The largest absolute Gasteiger partial charge is 0.489 e. The maximum atomic E-state index is 11.6. The maximum absolute atomic E-state index is 11.6. The number of aliphatic hydroxyl groups is 1. The molecular formula is C12H10Br4O4. The second-order valence-corrected chi connectivity index (χ2v) is 6.83. The first-order chi connectivity index (χ1) is 9.31. The molecule has 8 heteroatoms. The summed E-state index contributed by atoms with van der Waals surface area (Å²) < 4.78 is 12.8. The molecule has 0 amide bonds. The number of carbonyl (C=O) groups excluding carboxylic acids is 1. The molecule has 1 N–H and O–H groups in total. The number of hydrogen-bond donors (Lipinski definition) is 1. The molecular weight excluding hydrogens is 528 g/mol. The Bertz CT molecular complexity index is 528. The second kappa shape index (κ2) is 7.93. The molecule has 0 radical (unpaired) electrons. The maximum Gasteiger partial charge on any atom is 0.338 e. The molecule has 0 bridgehead atoms. The summed E-state index contributed by atoms with van der Waals surface area (Å²) >= 11 is 13.4. The summed E-state index contributed by atoms with van der Waals surface area (Å²) in [5, 5.41) is 8.82. The Morgan fingerprint density at radius 2 is 1.55 bits per heavy atom. The third-order valence-electron chi connectivity index (χ3n) is 2.06. The highest BCUT2D eigenvalue weighted by Gasteiger charge is 2.23. The Kier molecular flexibility index (Phi) is 7.20. The lowest BCUT2D eigenvalue weighted by Crippen LogP contribution is -2.10. The third-order valence-corrected chi connectivity index (χ3v) is 6.15. The Hall–Kier alpha value is 0.110. The van der Waals surface area contributed by atoms with E-state index in [1.54, 1.807) is 6.92 Å². The molecule has 0 aliphatic carbocycles. The standard InChI is InChI=1S/C12H10Br4O4/c1-5(2)12(18)20-11-8(15)6(13)10(19-4-3-17)7(14)9(11)16/h17H,1,3-4H2,2H3. The van der Waals surface area contributed by atoms with E-state index in [2.05, 4.69) is 70.3 Å². The van der Waals surface area contributed by atoms with Gasteiger partial charge in [0.25, 0.3) is 0 Å². The molecule has 0 aliphatic rings. The van der Waals surface area contributed by atoms with Gasteiger partial charge in [0, 0.05) is 5.57 Å². The average Bonchev–Trinajstić information content (AvgIpc) is 2.41. The van der Waals surface area contributed by atoms with Gasteiger partial charge in [0.2, 0.25) is 0 Å². The van der Waals surface area contributed by atoms with Crippen molar-refractivity contribution in [1.29, 1.82) is 0 Å². The minimum atomic E-state index is -0.533. The van der Waals surface area contributed by atoms with E-state index in [0.717, 1.165) is 0 Å². The highest BCUT2D eigenvalue weighted by molar-refractivity contribution is 9.14. The van der Waals surface area contributed by atoms with Gasteiger partial charge in [0.1, 0.15) is 12.4 Å². The van der Waals surface area contributed by atoms with Crippen LogP contribution in [0.2, 0.25) is 0 Å². The molecule has 0 spiro atoms. The third kappa shape index (κ3) is 4.07. The predicted octanol–water partition coefficient (Wildman–Crippen LogP) is 4.59. The van der Waals surface area contributed by atoms with Crippen LogP contribution in [0.5, 0.6) is 11.5 Å². The second-order valence-electron chi connectivity index (χ2n) is 3.66. The molecule has 0 fully saturated rings. The summed E-state index contributed by atoms with van der Waals surface area (Å²) in [4.78, 5) is 11.6. The predicted molar refractivity (Wildman–Crippen MR) is 90.3 cm³/mol. The Labute approximate surface area is 150 Å². The van der Waals surface area contributed by atoms with E-state index in [9.17, 15) is 4.79 Å². The SMILES string of the molecule is C=C(C)C(=O)Oc1c(Br)c(Br)c(OCCO)c(Br)c1Br. The van der Waals surface area contributed by atoms with Gasteiger partial charge in [-0.25, -0.2) is 4.79 Å². The van der Waals surface area contributed by atoms with Gasteiger partial charge in [-0.3, -0.25) is 0 Å². The summed E-state index contributed by atoms with van der Waals surface area (Å²) in [5.41, 5.74) is 0.289. The molecule has 0 atom stereocenters. The van der Waals surface area contributed by atoms with Crippen molar-refractivity contribution in [2.45, 2.75) is 6.92 Å². The number of rotatable bonds is 5. The van der Waals surface area contributed by atoms with Crippen molar-refractivity contribution >= 4 is 69.7 Å². The van der Waals surface area contributed by atoms with Crippen molar-refractivity contribution in [1.82, 2.24) is 0 Å². The van der Waals surface area contributed by atoms with Crippen LogP contribution in [0.1, 0.15) is 6.92 Å². The molecule has 1 aromatic carbocycles. The minimum absolute atomic E-state index is 0.111. The smallest absolute Gasteiger partial charge is 0.338 e. The first kappa shape index (κ1) is 18.2. The summed E-state index contributed by atoms with van der Waals surface area (Å²) in [5.74, 6) is 0.246. The number of halogens is 4. The van der Waals surface area contributed by atoms with E-state index < -0.39 is 5.97 Å².